The highest BCUT2D eigenvalue weighted by molar-refractivity contribution is 6.02. The van der Waals surface area contributed by atoms with Crippen LogP contribution in [0.25, 0.3) is 16.7 Å². The molecule has 4 rings (SSSR count). The van der Waals surface area contributed by atoms with Crippen molar-refractivity contribution in [2.75, 3.05) is 7.11 Å². The number of carbonyl (C=O) groups is 1. The van der Waals surface area contributed by atoms with Gasteiger partial charge in [0.2, 0.25) is 0 Å². The molecular formula is C24H21N3O4. The van der Waals surface area contributed by atoms with Crippen LogP contribution in [0.2, 0.25) is 0 Å². The highest BCUT2D eigenvalue weighted by atomic mass is 16.5. The largest absolute Gasteiger partial charge is 0.506 e. The summed E-state index contributed by atoms with van der Waals surface area (Å²) in [5, 5.41) is 13.8. The monoisotopic (exact) mass is 415 g/mol. The Kier molecular flexibility index (Phi) is 5.41. The first kappa shape index (κ1) is 20.2. The third kappa shape index (κ3) is 3.73. The number of pyridine rings is 2. The molecule has 0 aliphatic carbocycles. The molecular weight excluding hydrogens is 394 g/mol. The number of carbonyl (C=O) groups excluding carboxylic acids is 1. The molecule has 4 aromatic rings. The summed E-state index contributed by atoms with van der Waals surface area (Å²) in [5.74, 6) is -0.414. The fourth-order valence-electron chi connectivity index (χ4n) is 3.45. The number of aryl methyl sites for hydroxylation is 1. The average Bonchev–Trinajstić information content (AvgIpc) is 2.79. The van der Waals surface area contributed by atoms with Crippen LogP contribution < -0.4 is 15.6 Å². The van der Waals surface area contributed by atoms with Gasteiger partial charge in [0.05, 0.1) is 18.2 Å². The number of methoxy groups -OCH3 is 1. The standard InChI is InChI=1S/C24H21N3O4/c1-15-6-3-4-7-16(15)14-26-23(29)20-21(28)19-8-5-13-25-22(19)27(24(20)30)17-9-11-18(31-2)12-10-17/h3-13,28H,14H2,1-2H3,(H,26,29). The van der Waals surface area contributed by atoms with E-state index in [0.717, 1.165) is 11.1 Å². The van der Waals surface area contributed by atoms with Crippen molar-refractivity contribution < 1.29 is 14.6 Å². The van der Waals surface area contributed by atoms with Crippen LogP contribution in [0.3, 0.4) is 0 Å². The van der Waals surface area contributed by atoms with Gasteiger partial charge in [-0.3, -0.25) is 14.2 Å². The van der Waals surface area contributed by atoms with E-state index >= 15 is 0 Å². The van der Waals surface area contributed by atoms with E-state index in [1.807, 2.05) is 31.2 Å². The quantitative estimate of drug-likeness (QED) is 0.522. The molecule has 1 amide bonds. The van der Waals surface area contributed by atoms with E-state index in [4.69, 9.17) is 4.74 Å². The van der Waals surface area contributed by atoms with Crippen molar-refractivity contribution in [2.45, 2.75) is 13.5 Å². The van der Waals surface area contributed by atoms with Crippen LogP contribution in [0.4, 0.5) is 0 Å². The van der Waals surface area contributed by atoms with Gasteiger partial charge in [0.1, 0.15) is 17.1 Å². The van der Waals surface area contributed by atoms with Gasteiger partial charge in [-0.2, -0.15) is 0 Å². The molecule has 7 heteroatoms. The van der Waals surface area contributed by atoms with Gasteiger partial charge in [-0.15, -0.1) is 0 Å². The lowest BCUT2D eigenvalue weighted by molar-refractivity contribution is 0.0946. The third-order valence-corrected chi connectivity index (χ3v) is 5.17. The summed E-state index contributed by atoms with van der Waals surface area (Å²) in [5.41, 5.74) is 1.72. The van der Waals surface area contributed by atoms with Crippen molar-refractivity contribution in [3.05, 3.63) is 93.9 Å². The number of nitrogens with one attached hydrogen (secondary N) is 1. The topological polar surface area (TPSA) is 93.5 Å². The molecule has 2 N–H and O–H groups in total. The summed E-state index contributed by atoms with van der Waals surface area (Å²) in [6.45, 7) is 2.18. The second kappa shape index (κ2) is 8.31. The summed E-state index contributed by atoms with van der Waals surface area (Å²) < 4.78 is 6.50. The van der Waals surface area contributed by atoms with Crippen LogP contribution >= 0.6 is 0 Å². The van der Waals surface area contributed by atoms with Gasteiger partial charge < -0.3 is 15.2 Å². The third-order valence-electron chi connectivity index (χ3n) is 5.17. The molecule has 0 bridgehead atoms. The molecule has 7 nitrogen and oxygen atoms in total. The molecule has 31 heavy (non-hydrogen) atoms. The molecule has 0 radical (unpaired) electrons. The maximum atomic E-state index is 13.3. The molecule has 0 saturated carbocycles. The molecule has 0 saturated heterocycles. The molecule has 0 spiro atoms. The van der Waals surface area contributed by atoms with Crippen LogP contribution in [0.1, 0.15) is 21.5 Å². The van der Waals surface area contributed by atoms with Gasteiger partial charge in [0, 0.05) is 12.7 Å². The van der Waals surface area contributed by atoms with Gasteiger partial charge in [-0.25, -0.2) is 4.98 Å². The van der Waals surface area contributed by atoms with E-state index in [9.17, 15) is 14.7 Å². The maximum Gasteiger partial charge on any atom is 0.273 e. The Morgan fingerprint density at radius 1 is 1.10 bits per heavy atom. The molecule has 2 heterocycles. The van der Waals surface area contributed by atoms with Crippen molar-refractivity contribution in [1.29, 1.82) is 0 Å². The minimum atomic E-state index is -0.656. The van der Waals surface area contributed by atoms with Crippen LogP contribution in [0.15, 0.2) is 71.7 Å². The van der Waals surface area contributed by atoms with Gasteiger partial charge in [0.15, 0.2) is 5.65 Å². The lowest BCUT2D eigenvalue weighted by Gasteiger charge is -2.15. The van der Waals surface area contributed by atoms with Crippen LogP contribution in [-0.2, 0) is 6.54 Å². The van der Waals surface area contributed by atoms with E-state index in [0.29, 0.717) is 16.8 Å². The number of aromatic hydroxyl groups is 1. The Labute approximate surface area is 178 Å². The Hall–Kier alpha value is -4.13. The number of nitrogens with zero attached hydrogens (tertiary/aromatic N) is 2. The van der Waals surface area contributed by atoms with Crippen LogP contribution in [0, 0.1) is 6.92 Å². The Morgan fingerprint density at radius 3 is 2.55 bits per heavy atom. The summed E-state index contributed by atoms with van der Waals surface area (Å²) in [7, 11) is 1.55. The van der Waals surface area contributed by atoms with Gasteiger partial charge >= 0.3 is 0 Å². The predicted octanol–water partition coefficient (Wildman–Crippen LogP) is 3.34. The number of aromatic nitrogens is 2. The summed E-state index contributed by atoms with van der Waals surface area (Å²) in [6, 6.07) is 17.7. The fourth-order valence-corrected chi connectivity index (χ4v) is 3.45. The van der Waals surface area contributed by atoms with E-state index in [1.165, 1.54) is 10.8 Å². The molecule has 0 aliphatic rings. The highest BCUT2D eigenvalue weighted by Gasteiger charge is 2.23. The maximum absolute atomic E-state index is 13.3. The number of fused-ring (bicyclic) bond motifs is 1. The zero-order valence-corrected chi connectivity index (χ0v) is 17.1. The van der Waals surface area contributed by atoms with Crippen molar-refractivity contribution >= 4 is 16.9 Å². The molecule has 0 aliphatic heterocycles. The average molecular weight is 415 g/mol. The molecule has 0 unspecified atom stereocenters. The lowest BCUT2D eigenvalue weighted by atomic mass is 10.1. The highest BCUT2D eigenvalue weighted by Crippen LogP contribution is 2.27. The number of hydrogen-bond donors (Lipinski definition) is 2. The van der Waals surface area contributed by atoms with Crippen molar-refractivity contribution in [3.8, 4) is 17.2 Å². The normalized spacial score (nSPS) is 10.8. The Balaban J connectivity index is 1.82. The molecule has 2 aromatic carbocycles. The number of hydrogen-bond acceptors (Lipinski definition) is 5. The minimum absolute atomic E-state index is 0.234. The zero-order chi connectivity index (χ0) is 22.0. The number of amides is 1. The van der Waals surface area contributed by atoms with Gasteiger partial charge in [-0.1, -0.05) is 24.3 Å². The Bertz CT molecular complexity index is 1330. The lowest BCUT2D eigenvalue weighted by Crippen LogP contribution is -2.33. The smallest absolute Gasteiger partial charge is 0.273 e. The summed E-state index contributed by atoms with van der Waals surface area (Å²) in [4.78, 5) is 30.6. The van der Waals surface area contributed by atoms with Crippen molar-refractivity contribution in [2.24, 2.45) is 0 Å². The van der Waals surface area contributed by atoms with Crippen LogP contribution in [0.5, 0.6) is 11.5 Å². The molecule has 2 aromatic heterocycles. The van der Waals surface area contributed by atoms with Crippen LogP contribution in [-0.4, -0.2) is 27.7 Å². The number of rotatable bonds is 5. The zero-order valence-electron chi connectivity index (χ0n) is 17.1. The predicted molar refractivity (Wildman–Crippen MR) is 118 cm³/mol. The summed E-state index contributed by atoms with van der Waals surface area (Å²) in [6.07, 6.45) is 1.53. The first-order valence-corrected chi connectivity index (χ1v) is 9.71. The van der Waals surface area contributed by atoms with Crippen molar-refractivity contribution in [3.63, 3.8) is 0 Å². The molecule has 0 fully saturated rings. The van der Waals surface area contributed by atoms with Gasteiger partial charge in [-0.05, 0) is 54.4 Å². The first-order valence-electron chi connectivity index (χ1n) is 9.71. The summed E-state index contributed by atoms with van der Waals surface area (Å²) >= 11 is 0. The van der Waals surface area contributed by atoms with E-state index < -0.39 is 11.5 Å². The van der Waals surface area contributed by atoms with E-state index in [-0.39, 0.29) is 23.5 Å². The van der Waals surface area contributed by atoms with Crippen molar-refractivity contribution in [1.82, 2.24) is 14.9 Å². The Morgan fingerprint density at radius 2 is 1.84 bits per heavy atom. The number of ether oxygens (including phenoxy) is 1. The second-order valence-corrected chi connectivity index (χ2v) is 7.05. The SMILES string of the molecule is COc1ccc(-n2c(=O)c(C(=O)NCc3ccccc3C)c(O)c3cccnc32)cc1. The van der Waals surface area contributed by atoms with Gasteiger partial charge in [0.25, 0.3) is 11.5 Å². The second-order valence-electron chi connectivity index (χ2n) is 7.05. The first-order chi connectivity index (χ1) is 15.0. The number of benzene rings is 2. The molecule has 0 atom stereocenters. The van der Waals surface area contributed by atoms with E-state index in [1.54, 1.807) is 43.5 Å². The van der Waals surface area contributed by atoms with E-state index in [2.05, 4.69) is 10.3 Å². The molecule has 156 valence electrons. The minimum Gasteiger partial charge on any atom is -0.506 e. The fraction of sp³-hybridized carbons (Fsp3) is 0.125.